The van der Waals surface area contributed by atoms with Crippen molar-refractivity contribution >= 4 is 11.7 Å². The second-order valence-electron chi connectivity index (χ2n) is 4.52. The van der Waals surface area contributed by atoms with Crippen LogP contribution in [0.5, 0.6) is 5.75 Å². The van der Waals surface area contributed by atoms with Gasteiger partial charge in [0.25, 0.3) is 5.78 Å². The Bertz CT molecular complexity index is 607. The molecule has 1 aromatic rings. The molecule has 106 valence electrons. The molecule has 0 fully saturated rings. The third kappa shape index (κ3) is 2.09. The van der Waals surface area contributed by atoms with Crippen LogP contribution in [-0.4, -0.2) is 23.9 Å². The predicted octanol–water partition coefficient (Wildman–Crippen LogP) is 1.37. The maximum absolute atomic E-state index is 12.2. The number of para-hydroxylation sites is 1. The van der Waals surface area contributed by atoms with Gasteiger partial charge in [0.1, 0.15) is 5.75 Å². The minimum Gasteiger partial charge on any atom is -0.501 e. The summed E-state index contributed by atoms with van der Waals surface area (Å²) in [6.07, 6.45) is 0. The average molecular weight is 277 g/mol. The van der Waals surface area contributed by atoms with E-state index in [9.17, 15) is 14.7 Å². The van der Waals surface area contributed by atoms with Crippen molar-refractivity contribution in [2.75, 3.05) is 7.11 Å². The quantitative estimate of drug-likeness (QED) is 0.871. The Labute approximate surface area is 116 Å². The molecule has 0 bridgehead atoms. The number of ether oxygens (including phenoxy) is 2. The van der Waals surface area contributed by atoms with Gasteiger partial charge >= 0.3 is 0 Å². The van der Waals surface area contributed by atoms with Crippen LogP contribution in [0.4, 0.5) is 0 Å². The third-order valence-corrected chi connectivity index (χ3v) is 3.08. The Morgan fingerprint density at radius 1 is 1.40 bits per heavy atom. The van der Waals surface area contributed by atoms with E-state index < -0.39 is 23.1 Å². The van der Waals surface area contributed by atoms with Crippen LogP contribution in [-0.2, 0) is 19.9 Å². The summed E-state index contributed by atoms with van der Waals surface area (Å²) in [6, 6.07) is 6.84. The number of ketones is 1. The average Bonchev–Trinajstić information content (AvgIpc) is 2.63. The van der Waals surface area contributed by atoms with Crippen LogP contribution in [0, 0.1) is 0 Å². The van der Waals surface area contributed by atoms with Gasteiger partial charge in [-0.1, -0.05) is 18.2 Å². The summed E-state index contributed by atoms with van der Waals surface area (Å²) < 4.78 is 10.7. The number of nitrogens with one attached hydrogen (secondary N) is 1. The Kier molecular flexibility index (Phi) is 3.40. The molecule has 1 atom stereocenters. The number of rotatable bonds is 3. The molecule has 1 heterocycles. The SMILES string of the molecule is COc1ccccc1C1(C)OC(NC(C)=O)=C(O)C1=O. The standard InChI is InChI=1S/C14H15NO5/c1-8(16)15-13-11(17)12(18)14(2,20-13)9-6-4-5-7-10(9)19-3/h4-7,17H,1-3H3,(H,15,16). The number of Topliss-reactive ketones (excluding diaryl/α,β-unsaturated/α-hetero) is 1. The first-order valence-electron chi connectivity index (χ1n) is 5.98. The molecule has 6 nitrogen and oxygen atoms in total. The van der Waals surface area contributed by atoms with Gasteiger partial charge < -0.3 is 14.6 Å². The van der Waals surface area contributed by atoms with Crippen LogP contribution in [0.15, 0.2) is 35.9 Å². The van der Waals surface area contributed by atoms with Crippen molar-refractivity contribution in [2.45, 2.75) is 19.4 Å². The van der Waals surface area contributed by atoms with E-state index in [1.54, 1.807) is 24.3 Å². The van der Waals surface area contributed by atoms with Gasteiger partial charge in [0.2, 0.25) is 23.2 Å². The topological polar surface area (TPSA) is 84.9 Å². The largest absolute Gasteiger partial charge is 0.501 e. The highest BCUT2D eigenvalue weighted by Gasteiger charge is 2.49. The Morgan fingerprint density at radius 3 is 2.65 bits per heavy atom. The summed E-state index contributed by atoms with van der Waals surface area (Å²) in [6.45, 7) is 2.77. The number of benzene rings is 1. The molecule has 1 amide bonds. The van der Waals surface area contributed by atoms with Crippen molar-refractivity contribution in [3.05, 3.63) is 41.5 Å². The first-order valence-corrected chi connectivity index (χ1v) is 5.98. The van der Waals surface area contributed by atoms with E-state index >= 15 is 0 Å². The molecule has 20 heavy (non-hydrogen) atoms. The van der Waals surface area contributed by atoms with Crippen molar-refractivity contribution in [3.8, 4) is 5.75 Å². The maximum Gasteiger partial charge on any atom is 0.250 e. The third-order valence-electron chi connectivity index (χ3n) is 3.08. The van der Waals surface area contributed by atoms with Crippen molar-refractivity contribution < 1.29 is 24.2 Å². The molecule has 1 unspecified atom stereocenters. The molecule has 1 aliphatic heterocycles. The fourth-order valence-electron chi connectivity index (χ4n) is 2.09. The lowest BCUT2D eigenvalue weighted by molar-refractivity contribution is -0.132. The summed E-state index contributed by atoms with van der Waals surface area (Å²) in [5, 5.41) is 12.1. The highest BCUT2D eigenvalue weighted by atomic mass is 16.5. The van der Waals surface area contributed by atoms with Gasteiger partial charge in [0.15, 0.2) is 0 Å². The monoisotopic (exact) mass is 277 g/mol. The molecule has 0 radical (unpaired) electrons. The zero-order valence-electron chi connectivity index (χ0n) is 11.4. The molecule has 0 saturated carbocycles. The Balaban J connectivity index is 2.44. The summed E-state index contributed by atoms with van der Waals surface area (Å²) >= 11 is 0. The van der Waals surface area contributed by atoms with Crippen LogP contribution in [0.1, 0.15) is 19.4 Å². The number of carbonyl (C=O) groups excluding carboxylic acids is 2. The normalized spacial score (nSPS) is 21.6. The van der Waals surface area contributed by atoms with Gasteiger partial charge in [-0.25, -0.2) is 0 Å². The number of aliphatic hydroxyl groups excluding tert-OH is 1. The molecule has 2 N–H and O–H groups in total. The van der Waals surface area contributed by atoms with Gasteiger partial charge in [0, 0.05) is 12.5 Å². The smallest absolute Gasteiger partial charge is 0.250 e. The number of hydrogen-bond acceptors (Lipinski definition) is 5. The first kappa shape index (κ1) is 13.9. The maximum atomic E-state index is 12.2. The van der Waals surface area contributed by atoms with Gasteiger partial charge in [-0.2, -0.15) is 0 Å². The second kappa shape index (κ2) is 4.88. The number of aliphatic hydroxyl groups is 1. The lowest BCUT2D eigenvalue weighted by Crippen LogP contribution is -2.32. The summed E-state index contributed by atoms with van der Waals surface area (Å²) in [7, 11) is 1.48. The van der Waals surface area contributed by atoms with E-state index in [4.69, 9.17) is 9.47 Å². The van der Waals surface area contributed by atoms with E-state index in [2.05, 4.69) is 5.32 Å². The van der Waals surface area contributed by atoms with Crippen LogP contribution < -0.4 is 10.1 Å². The number of carbonyl (C=O) groups is 2. The van der Waals surface area contributed by atoms with E-state index in [0.29, 0.717) is 11.3 Å². The van der Waals surface area contributed by atoms with Crippen LogP contribution in [0.3, 0.4) is 0 Å². The number of hydrogen-bond donors (Lipinski definition) is 2. The highest BCUT2D eigenvalue weighted by molar-refractivity contribution is 6.03. The molecular formula is C14H15NO5. The lowest BCUT2D eigenvalue weighted by atomic mass is 9.91. The zero-order chi connectivity index (χ0) is 14.9. The summed E-state index contributed by atoms with van der Waals surface area (Å²) in [4.78, 5) is 23.3. The van der Waals surface area contributed by atoms with Crippen molar-refractivity contribution in [3.63, 3.8) is 0 Å². The highest BCUT2D eigenvalue weighted by Crippen LogP contribution is 2.40. The van der Waals surface area contributed by atoms with Gasteiger partial charge in [-0.15, -0.1) is 0 Å². The lowest BCUT2D eigenvalue weighted by Gasteiger charge is -2.25. The van der Waals surface area contributed by atoms with Gasteiger partial charge in [-0.05, 0) is 13.0 Å². The van der Waals surface area contributed by atoms with Crippen molar-refractivity contribution in [2.24, 2.45) is 0 Å². The molecule has 0 spiro atoms. The number of amides is 1. The van der Waals surface area contributed by atoms with E-state index in [0.717, 1.165) is 0 Å². The fourth-order valence-corrected chi connectivity index (χ4v) is 2.09. The molecule has 0 aromatic heterocycles. The van der Waals surface area contributed by atoms with Crippen molar-refractivity contribution in [1.29, 1.82) is 0 Å². The zero-order valence-corrected chi connectivity index (χ0v) is 11.4. The van der Waals surface area contributed by atoms with E-state index in [1.807, 2.05) is 0 Å². The molecule has 2 rings (SSSR count). The Hall–Kier alpha value is -2.50. The second-order valence-corrected chi connectivity index (χ2v) is 4.52. The fraction of sp³-hybridized carbons (Fsp3) is 0.286. The first-order chi connectivity index (χ1) is 9.40. The van der Waals surface area contributed by atoms with Gasteiger partial charge in [0.05, 0.1) is 7.11 Å². The molecular weight excluding hydrogens is 262 g/mol. The van der Waals surface area contributed by atoms with Crippen LogP contribution in [0.25, 0.3) is 0 Å². The molecule has 0 aliphatic carbocycles. The minimum absolute atomic E-state index is 0.240. The number of methoxy groups -OCH3 is 1. The van der Waals surface area contributed by atoms with E-state index in [-0.39, 0.29) is 5.88 Å². The molecule has 0 saturated heterocycles. The van der Waals surface area contributed by atoms with Crippen LogP contribution in [0.2, 0.25) is 0 Å². The molecule has 1 aliphatic rings. The predicted molar refractivity (Wildman–Crippen MR) is 69.9 cm³/mol. The minimum atomic E-state index is -1.44. The van der Waals surface area contributed by atoms with E-state index in [1.165, 1.54) is 21.0 Å². The van der Waals surface area contributed by atoms with Crippen LogP contribution >= 0.6 is 0 Å². The summed E-state index contributed by atoms with van der Waals surface area (Å²) in [5.74, 6) is -1.46. The molecule has 6 heteroatoms. The van der Waals surface area contributed by atoms with Crippen molar-refractivity contribution in [1.82, 2.24) is 5.32 Å². The summed E-state index contributed by atoms with van der Waals surface area (Å²) in [5.41, 5.74) is -0.964. The molecule has 1 aromatic carbocycles. The van der Waals surface area contributed by atoms with Gasteiger partial charge in [-0.3, -0.25) is 14.9 Å². The Morgan fingerprint density at radius 2 is 2.05 bits per heavy atom.